The molecule has 2 aromatic heterocycles. The Bertz CT molecular complexity index is 947. The quantitative estimate of drug-likeness (QED) is 0.304. The Morgan fingerprint density at radius 1 is 1.12 bits per heavy atom. The molecule has 5 nitrogen and oxygen atoms in total. The average molecular weight is 428 g/mol. The molecule has 0 aliphatic carbocycles. The van der Waals surface area contributed by atoms with E-state index < -0.39 is 0 Å². The van der Waals surface area contributed by atoms with Gasteiger partial charge in [-0.1, -0.05) is 52.6 Å². The number of pyridine rings is 1. The lowest BCUT2D eigenvalue weighted by Crippen LogP contribution is -2.06. The second kappa shape index (κ2) is 8.39. The van der Waals surface area contributed by atoms with Crippen molar-refractivity contribution in [3.63, 3.8) is 0 Å². The summed E-state index contributed by atoms with van der Waals surface area (Å²) in [6.07, 6.45) is 1.70. The second-order valence-corrected chi connectivity index (χ2v) is 7.31. The minimum Gasteiger partial charge on any atom is -0.301 e. The van der Waals surface area contributed by atoms with Gasteiger partial charge in [0.05, 0.1) is 20.8 Å². The third-order valence-corrected chi connectivity index (χ3v) is 5.86. The molecule has 0 aliphatic heterocycles. The third-order valence-electron chi connectivity index (χ3n) is 3.60. The summed E-state index contributed by atoms with van der Waals surface area (Å²) < 4.78 is 1.91. The molecule has 3 aromatic rings. The van der Waals surface area contributed by atoms with Crippen LogP contribution in [0.3, 0.4) is 0 Å². The third kappa shape index (κ3) is 3.88. The summed E-state index contributed by atoms with van der Waals surface area (Å²) in [5.41, 5.74) is 1.06. The van der Waals surface area contributed by atoms with Gasteiger partial charge in [-0.15, -0.1) is 10.2 Å². The molecule has 0 aliphatic rings. The molecule has 0 spiro atoms. The standard InChI is InChI=1S/C17H13Cl3N4OS/c1-2-24-16(12-5-3-4-8-21-12)22-23-17(24)26-9-13(25)10-6-7-11(18)15(20)14(10)19/h3-8H,2,9H2,1H3. The predicted molar refractivity (Wildman–Crippen MR) is 105 cm³/mol. The molecule has 0 bridgehead atoms. The zero-order valence-corrected chi connectivity index (χ0v) is 16.7. The van der Waals surface area contributed by atoms with E-state index in [0.29, 0.717) is 28.1 Å². The van der Waals surface area contributed by atoms with Gasteiger partial charge >= 0.3 is 0 Å². The van der Waals surface area contributed by atoms with E-state index in [-0.39, 0.29) is 21.6 Å². The molecule has 0 fully saturated rings. The maximum atomic E-state index is 12.5. The number of hydrogen-bond acceptors (Lipinski definition) is 5. The van der Waals surface area contributed by atoms with E-state index in [1.165, 1.54) is 11.8 Å². The number of halogens is 3. The van der Waals surface area contributed by atoms with Gasteiger partial charge in [0.1, 0.15) is 5.69 Å². The number of aromatic nitrogens is 4. The SMILES string of the molecule is CCn1c(SCC(=O)c2ccc(Cl)c(Cl)c2Cl)nnc1-c1ccccn1. The highest BCUT2D eigenvalue weighted by atomic mass is 35.5. The first-order chi connectivity index (χ1) is 12.5. The molecule has 0 saturated heterocycles. The predicted octanol–water partition coefficient (Wildman–Crippen LogP) is 5.30. The van der Waals surface area contributed by atoms with Crippen LogP contribution in [0.2, 0.25) is 15.1 Å². The van der Waals surface area contributed by atoms with Crippen LogP contribution in [-0.4, -0.2) is 31.3 Å². The summed E-state index contributed by atoms with van der Waals surface area (Å²) >= 11 is 19.3. The summed E-state index contributed by atoms with van der Waals surface area (Å²) in [7, 11) is 0. The number of Topliss-reactive ketones (excluding diaryl/α,β-unsaturated/α-hetero) is 1. The van der Waals surface area contributed by atoms with Crippen molar-refractivity contribution in [1.29, 1.82) is 0 Å². The molecule has 0 saturated carbocycles. The molecule has 2 heterocycles. The van der Waals surface area contributed by atoms with Gasteiger partial charge in [-0.2, -0.15) is 0 Å². The lowest BCUT2D eigenvalue weighted by Gasteiger charge is -2.08. The van der Waals surface area contributed by atoms with Crippen molar-refractivity contribution < 1.29 is 4.79 Å². The summed E-state index contributed by atoms with van der Waals surface area (Å²) in [4.78, 5) is 16.8. The van der Waals surface area contributed by atoms with Crippen LogP contribution in [0, 0.1) is 0 Å². The molecular formula is C17H13Cl3N4OS. The number of benzene rings is 1. The first-order valence-electron chi connectivity index (χ1n) is 7.67. The van der Waals surface area contributed by atoms with Crippen LogP contribution in [0.25, 0.3) is 11.5 Å². The summed E-state index contributed by atoms with van der Waals surface area (Å²) in [5.74, 6) is 0.650. The zero-order valence-electron chi connectivity index (χ0n) is 13.6. The topological polar surface area (TPSA) is 60.7 Å². The van der Waals surface area contributed by atoms with Crippen LogP contribution in [0.5, 0.6) is 0 Å². The van der Waals surface area contributed by atoms with Crippen LogP contribution in [-0.2, 0) is 6.54 Å². The molecule has 3 rings (SSSR count). The highest BCUT2D eigenvalue weighted by molar-refractivity contribution is 7.99. The van der Waals surface area contributed by atoms with Crippen molar-refractivity contribution in [3.05, 3.63) is 57.2 Å². The lowest BCUT2D eigenvalue weighted by molar-refractivity contribution is 0.102. The van der Waals surface area contributed by atoms with Crippen molar-refractivity contribution in [3.8, 4) is 11.5 Å². The van der Waals surface area contributed by atoms with E-state index >= 15 is 0 Å². The van der Waals surface area contributed by atoms with Gasteiger partial charge in [-0.3, -0.25) is 9.78 Å². The Kier molecular flexibility index (Phi) is 6.19. The van der Waals surface area contributed by atoms with E-state index in [9.17, 15) is 4.79 Å². The monoisotopic (exact) mass is 426 g/mol. The fourth-order valence-electron chi connectivity index (χ4n) is 2.31. The van der Waals surface area contributed by atoms with Crippen LogP contribution in [0.1, 0.15) is 17.3 Å². The molecule has 0 radical (unpaired) electrons. The molecule has 1 aromatic carbocycles. The summed E-state index contributed by atoms with van der Waals surface area (Å²) in [6.45, 7) is 2.64. The first kappa shape index (κ1) is 19.2. The number of nitrogens with zero attached hydrogens (tertiary/aromatic N) is 4. The van der Waals surface area contributed by atoms with Gasteiger partial charge in [-0.25, -0.2) is 0 Å². The van der Waals surface area contributed by atoms with E-state index in [1.54, 1.807) is 18.3 Å². The van der Waals surface area contributed by atoms with Crippen molar-refractivity contribution in [1.82, 2.24) is 19.7 Å². The first-order valence-corrected chi connectivity index (χ1v) is 9.79. The van der Waals surface area contributed by atoms with Crippen molar-refractivity contribution >= 4 is 52.3 Å². The average Bonchev–Trinajstić information content (AvgIpc) is 3.08. The maximum absolute atomic E-state index is 12.5. The molecule has 0 atom stereocenters. The number of hydrogen-bond donors (Lipinski definition) is 0. The molecule has 0 N–H and O–H groups in total. The minimum atomic E-state index is -0.163. The van der Waals surface area contributed by atoms with E-state index in [4.69, 9.17) is 34.8 Å². The molecule has 134 valence electrons. The maximum Gasteiger partial charge on any atom is 0.191 e. The van der Waals surface area contributed by atoms with Gasteiger partial charge in [0.25, 0.3) is 0 Å². The fraction of sp³-hybridized carbons (Fsp3) is 0.176. The van der Waals surface area contributed by atoms with Gasteiger partial charge in [0, 0.05) is 18.3 Å². The number of carbonyl (C=O) groups excluding carboxylic acids is 1. The van der Waals surface area contributed by atoms with E-state index in [0.717, 1.165) is 5.69 Å². The van der Waals surface area contributed by atoms with Gasteiger partial charge < -0.3 is 4.57 Å². The highest BCUT2D eigenvalue weighted by Crippen LogP contribution is 2.33. The minimum absolute atomic E-state index is 0.151. The van der Waals surface area contributed by atoms with Crippen LogP contribution >= 0.6 is 46.6 Å². The smallest absolute Gasteiger partial charge is 0.191 e. The Labute approximate surface area is 169 Å². The number of carbonyl (C=O) groups is 1. The number of rotatable bonds is 6. The lowest BCUT2D eigenvalue weighted by atomic mass is 10.1. The van der Waals surface area contributed by atoms with E-state index in [1.807, 2.05) is 29.7 Å². The number of thioether (sulfide) groups is 1. The Balaban J connectivity index is 1.79. The normalized spacial score (nSPS) is 10.9. The van der Waals surface area contributed by atoms with Crippen molar-refractivity contribution in [2.24, 2.45) is 0 Å². The molecule has 0 unspecified atom stereocenters. The Hall–Kier alpha value is -1.60. The molecule has 26 heavy (non-hydrogen) atoms. The summed E-state index contributed by atoms with van der Waals surface area (Å²) in [6, 6.07) is 8.72. The largest absolute Gasteiger partial charge is 0.301 e. The van der Waals surface area contributed by atoms with Gasteiger partial charge in [0.15, 0.2) is 16.8 Å². The van der Waals surface area contributed by atoms with Gasteiger partial charge in [0.2, 0.25) is 0 Å². The van der Waals surface area contributed by atoms with Crippen molar-refractivity contribution in [2.75, 3.05) is 5.75 Å². The van der Waals surface area contributed by atoms with Crippen LogP contribution in [0.15, 0.2) is 41.7 Å². The zero-order chi connectivity index (χ0) is 18.7. The fourth-order valence-corrected chi connectivity index (χ4v) is 3.84. The van der Waals surface area contributed by atoms with Crippen LogP contribution in [0.4, 0.5) is 0 Å². The molecular weight excluding hydrogens is 415 g/mol. The van der Waals surface area contributed by atoms with Crippen LogP contribution < -0.4 is 0 Å². The molecule has 0 amide bonds. The molecule has 9 heteroatoms. The van der Waals surface area contributed by atoms with E-state index in [2.05, 4.69) is 15.2 Å². The second-order valence-electron chi connectivity index (χ2n) is 5.20. The Morgan fingerprint density at radius 2 is 1.92 bits per heavy atom. The van der Waals surface area contributed by atoms with Crippen molar-refractivity contribution in [2.45, 2.75) is 18.6 Å². The van der Waals surface area contributed by atoms with Gasteiger partial charge in [-0.05, 0) is 31.2 Å². The number of ketones is 1. The highest BCUT2D eigenvalue weighted by Gasteiger charge is 2.18. The Morgan fingerprint density at radius 3 is 2.62 bits per heavy atom. The summed E-state index contributed by atoms with van der Waals surface area (Å²) in [5, 5.41) is 9.68.